The molecule has 0 aromatic carbocycles. The van der Waals surface area contributed by atoms with Crippen LogP contribution in [0.15, 0.2) is 28.9 Å². The first-order valence-corrected chi connectivity index (χ1v) is 7.36. The second-order valence-electron chi connectivity index (χ2n) is 5.76. The molecule has 0 N–H and O–H groups in total. The van der Waals surface area contributed by atoms with Gasteiger partial charge < -0.3 is 14.2 Å². The fraction of sp³-hybridized carbons (Fsp3) is 0.467. The van der Waals surface area contributed by atoms with Crippen LogP contribution in [0.5, 0.6) is 0 Å². The highest BCUT2D eigenvalue weighted by molar-refractivity contribution is 5.92. The quantitative estimate of drug-likeness (QED) is 0.833. The highest BCUT2D eigenvalue weighted by Crippen LogP contribution is 2.40. The van der Waals surface area contributed by atoms with Crippen molar-refractivity contribution in [3.8, 4) is 0 Å². The van der Waals surface area contributed by atoms with E-state index in [2.05, 4.69) is 15.1 Å². The summed E-state index contributed by atoms with van der Waals surface area (Å²) in [6.07, 6.45) is 2.32. The molecule has 2 fully saturated rings. The van der Waals surface area contributed by atoms with Crippen LogP contribution in [-0.2, 0) is 4.74 Å². The van der Waals surface area contributed by atoms with Gasteiger partial charge in [0.2, 0.25) is 0 Å². The summed E-state index contributed by atoms with van der Waals surface area (Å²) >= 11 is 0. The predicted octanol–water partition coefficient (Wildman–Crippen LogP) is 1.38. The predicted molar refractivity (Wildman–Crippen MR) is 74.9 cm³/mol. The molecule has 4 rings (SSSR count). The van der Waals surface area contributed by atoms with E-state index in [1.165, 1.54) is 0 Å². The minimum absolute atomic E-state index is 0.0323. The number of pyridine rings is 1. The Hall–Kier alpha value is -2.28. The Bertz CT molecular complexity index is 673. The van der Waals surface area contributed by atoms with E-state index >= 15 is 0 Å². The van der Waals surface area contributed by atoms with Crippen LogP contribution in [-0.4, -0.2) is 45.1 Å². The van der Waals surface area contributed by atoms with Crippen molar-refractivity contribution in [2.24, 2.45) is 5.92 Å². The van der Waals surface area contributed by atoms with Gasteiger partial charge in [-0.25, -0.2) is 0 Å². The highest BCUT2D eigenvalue weighted by Gasteiger charge is 2.45. The number of aryl methyl sites for hydroxylation is 1. The van der Waals surface area contributed by atoms with E-state index in [4.69, 9.17) is 9.26 Å². The van der Waals surface area contributed by atoms with Crippen LogP contribution in [0, 0.1) is 12.8 Å². The number of carbonyl (C=O) groups excluding carboxylic acids is 1. The maximum absolute atomic E-state index is 12.4. The fourth-order valence-electron chi connectivity index (χ4n) is 3.18. The Balaban J connectivity index is 1.42. The van der Waals surface area contributed by atoms with Gasteiger partial charge in [-0.1, -0.05) is 11.2 Å². The maximum atomic E-state index is 12.4. The van der Waals surface area contributed by atoms with Crippen molar-refractivity contribution in [3.63, 3.8) is 0 Å². The van der Waals surface area contributed by atoms with Gasteiger partial charge in [0.15, 0.2) is 5.82 Å². The van der Waals surface area contributed by atoms with Gasteiger partial charge in [-0.3, -0.25) is 9.78 Å². The molecule has 22 heavy (non-hydrogen) atoms. The van der Waals surface area contributed by atoms with E-state index in [9.17, 15) is 4.79 Å². The zero-order valence-electron chi connectivity index (χ0n) is 12.2. The molecule has 0 aliphatic carbocycles. The first-order chi connectivity index (χ1) is 10.7. The molecule has 2 aromatic rings. The van der Waals surface area contributed by atoms with E-state index in [1.54, 1.807) is 25.3 Å². The summed E-state index contributed by atoms with van der Waals surface area (Å²) in [7, 11) is 0. The van der Waals surface area contributed by atoms with E-state index in [-0.39, 0.29) is 18.1 Å². The Morgan fingerprint density at radius 2 is 2.27 bits per heavy atom. The third-order valence-electron chi connectivity index (χ3n) is 4.23. The number of fused-ring (bicyclic) bond motifs is 1. The van der Waals surface area contributed by atoms with Gasteiger partial charge in [-0.15, -0.1) is 0 Å². The van der Waals surface area contributed by atoms with Crippen LogP contribution in [0.4, 0.5) is 0 Å². The van der Waals surface area contributed by atoms with Crippen molar-refractivity contribution in [2.75, 3.05) is 13.1 Å². The summed E-state index contributed by atoms with van der Waals surface area (Å²) in [5, 5.41) is 3.80. The van der Waals surface area contributed by atoms with E-state index < -0.39 is 0 Å². The molecule has 2 aliphatic heterocycles. The molecule has 0 saturated carbocycles. The molecule has 1 amide bonds. The molecule has 7 nitrogen and oxygen atoms in total. The monoisotopic (exact) mass is 300 g/mol. The smallest absolute Gasteiger partial charge is 0.272 e. The summed E-state index contributed by atoms with van der Waals surface area (Å²) in [6.45, 7) is 3.06. The lowest BCUT2D eigenvalue weighted by molar-refractivity contribution is 0.0199. The summed E-state index contributed by atoms with van der Waals surface area (Å²) in [5.41, 5.74) is 0.478. The lowest BCUT2D eigenvalue weighted by atomic mass is 10.0. The van der Waals surface area contributed by atoms with Gasteiger partial charge in [0, 0.05) is 25.2 Å². The minimum Gasteiger partial charge on any atom is -0.363 e. The van der Waals surface area contributed by atoms with Crippen LogP contribution in [0.1, 0.15) is 34.7 Å². The van der Waals surface area contributed by atoms with Crippen molar-refractivity contribution in [3.05, 3.63) is 41.8 Å². The Morgan fingerprint density at radius 3 is 2.95 bits per heavy atom. The average molecular weight is 300 g/mol. The van der Waals surface area contributed by atoms with Gasteiger partial charge in [-0.2, -0.15) is 4.98 Å². The van der Waals surface area contributed by atoms with Crippen molar-refractivity contribution in [1.82, 2.24) is 20.0 Å². The third-order valence-corrected chi connectivity index (χ3v) is 4.23. The normalized spacial score (nSPS) is 27.1. The van der Waals surface area contributed by atoms with Crippen LogP contribution >= 0.6 is 0 Å². The second-order valence-corrected chi connectivity index (χ2v) is 5.76. The lowest BCUT2D eigenvalue weighted by Gasteiger charge is -2.17. The van der Waals surface area contributed by atoms with E-state index in [0.717, 1.165) is 6.42 Å². The molecular weight excluding hydrogens is 284 g/mol. The van der Waals surface area contributed by atoms with Crippen LogP contribution in [0.2, 0.25) is 0 Å². The fourth-order valence-corrected chi connectivity index (χ4v) is 3.18. The molecular formula is C15H16N4O3. The van der Waals surface area contributed by atoms with Crippen LogP contribution < -0.4 is 0 Å². The van der Waals surface area contributed by atoms with E-state index in [1.807, 2.05) is 11.0 Å². The van der Waals surface area contributed by atoms with Crippen molar-refractivity contribution in [1.29, 1.82) is 0 Å². The minimum atomic E-state index is -0.150. The van der Waals surface area contributed by atoms with Gasteiger partial charge in [0.1, 0.15) is 11.8 Å². The van der Waals surface area contributed by atoms with Gasteiger partial charge in [0.05, 0.1) is 6.10 Å². The number of nitrogens with zero attached hydrogens (tertiary/aromatic N) is 4. The van der Waals surface area contributed by atoms with Crippen molar-refractivity contribution >= 4 is 5.91 Å². The number of aromatic nitrogens is 3. The first-order valence-electron chi connectivity index (χ1n) is 7.36. The summed E-state index contributed by atoms with van der Waals surface area (Å²) in [4.78, 5) is 22.6. The van der Waals surface area contributed by atoms with Crippen LogP contribution in [0.25, 0.3) is 0 Å². The number of carbonyl (C=O) groups is 1. The Labute approximate surface area is 127 Å². The maximum Gasteiger partial charge on any atom is 0.272 e. The Kier molecular flexibility index (Phi) is 3.15. The first kappa shape index (κ1) is 13.4. The SMILES string of the molecule is Cc1noc([C@@H]2C[C@H]3CN(C(=O)c4ccccn4)C[C@H]3O2)n1. The molecule has 2 saturated heterocycles. The van der Waals surface area contributed by atoms with Gasteiger partial charge in [-0.05, 0) is 25.5 Å². The molecule has 2 aromatic heterocycles. The summed E-state index contributed by atoms with van der Waals surface area (Å²) in [5.74, 6) is 1.42. The lowest BCUT2D eigenvalue weighted by Crippen LogP contribution is -2.31. The summed E-state index contributed by atoms with van der Waals surface area (Å²) in [6, 6.07) is 5.36. The molecule has 114 valence electrons. The standard InChI is InChI=1S/C15H16N4O3/c1-9-17-14(22-18-9)12-6-10-7-19(8-13(10)21-12)15(20)11-4-2-3-5-16-11/h2-5,10,12-13H,6-8H2,1H3/t10-,12-,13+/m0/s1. The number of amides is 1. The zero-order chi connectivity index (χ0) is 15.1. The van der Waals surface area contributed by atoms with E-state index in [0.29, 0.717) is 36.4 Å². The van der Waals surface area contributed by atoms with Crippen LogP contribution in [0.3, 0.4) is 0 Å². The second kappa shape index (κ2) is 5.17. The molecule has 0 radical (unpaired) electrons. The number of hydrogen-bond donors (Lipinski definition) is 0. The van der Waals surface area contributed by atoms with Gasteiger partial charge >= 0.3 is 0 Å². The Morgan fingerprint density at radius 1 is 1.36 bits per heavy atom. The topological polar surface area (TPSA) is 81.4 Å². The molecule has 4 heterocycles. The number of hydrogen-bond acceptors (Lipinski definition) is 6. The summed E-state index contributed by atoms with van der Waals surface area (Å²) < 4.78 is 11.2. The number of likely N-dealkylation sites (tertiary alicyclic amines) is 1. The number of ether oxygens (including phenoxy) is 1. The molecule has 0 bridgehead atoms. The third kappa shape index (κ3) is 2.27. The zero-order valence-corrected chi connectivity index (χ0v) is 12.2. The molecule has 7 heteroatoms. The van der Waals surface area contributed by atoms with Crippen molar-refractivity contribution in [2.45, 2.75) is 25.6 Å². The highest BCUT2D eigenvalue weighted by atomic mass is 16.5. The number of rotatable bonds is 2. The molecule has 0 spiro atoms. The average Bonchev–Trinajstić information content (AvgIpc) is 3.21. The molecule has 2 aliphatic rings. The van der Waals surface area contributed by atoms with Gasteiger partial charge in [0.25, 0.3) is 11.8 Å². The molecule has 0 unspecified atom stereocenters. The molecule has 3 atom stereocenters. The largest absolute Gasteiger partial charge is 0.363 e. The van der Waals surface area contributed by atoms with Crippen molar-refractivity contribution < 1.29 is 14.1 Å².